The Morgan fingerprint density at radius 1 is 0.966 bits per heavy atom. The van der Waals surface area contributed by atoms with Crippen molar-refractivity contribution in [2.24, 2.45) is 4.99 Å². The number of pyridine rings is 2. The lowest BCUT2D eigenvalue weighted by atomic mass is 9.96. The van der Waals surface area contributed by atoms with Crippen LogP contribution in [0.3, 0.4) is 0 Å². The largest absolute Gasteiger partial charge is 0.496 e. The lowest BCUT2D eigenvalue weighted by Crippen LogP contribution is -2.36. The second-order valence-corrected chi connectivity index (χ2v) is 7.11. The van der Waals surface area contributed by atoms with E-state index in [1.807, 2.05) is 24.5 Å². The minimum absolute atomic E-state index is 0.699. The van der Waals surface area contributed by atoms with E-state index >= 15 is 0 Å². The molecule has 5 rings (SSSR count). The summed E-state index contributed by atoms with van der Waals surface area (Å²) in [6.45, 7) is 3.91. The number of morpholine rings is 1. The van der Waals surface area contributed by atoms with Crippen molar-refractivity contribution in [3.05, 3.63) is 71.7 Å². The van der Waals surface area contributed by atoms with Crippen LogP contribution in [0.4, 0.5) is 5.82 Å². The number of rotatable bonds is 4. The van der Waals surface area contributed by atoms with Crippen LogP contribution in [0.1, 0.15) is 16.7 Å². The topological polar surface area (TPSA) is 59.8 Å². The summed E-state index contributed by atoms with van der Waals surface area (Å²) < 4.78 is 11.0. The summed E-state index contributed by atoms with van der Waals surface area (Å²) in [5, 5.41) is 0. The number of benzene rings is 1. The van der Waals surface area contributed by atoms with Gasteiger partial charge in [-0.25, -0.2) is 4.98 Å². The molecule has 6 heteroatoms. The molecule has 3 aromatic rings. The highest BCUT2D eigenvalue weighted by Crippen LogP contribution is 2.33. The molecule has 0 bridgehead atoms. The normalized spacial score (nSPS) is 15.8. The SMILES string of the molecule is COc1ccncc1-c1ccc2c(c1)C(c1ccnc(N3CCOCC3)c1)=NC2. The standard InChI is InChI=1S/C23H22N4O2/c1-28-21-5-6-24-15-20(21)16-2-3-18-14-26-23(19(18)12-16)17-4-7-25-22(13-17)27-8-10-29-11-9-27/h2-7,12-13,15H,8-11,14H2,1H3. The van der Waals surface area contributed by atoms with Gasteiger partial charge in [-0.3, -0.25) is 9.98 Å². The summed E-state index contributed by atoms with van der Waals surface area (Å²) in [4.78, 5) is 15.9. The molecule has 2 aliphatic heterocycles. The number of aliphatic imine (C=N–C) groups is 1. The lowest BCUT2D eigenvalue weighted by Gasteiger charge is -2.28. The number of anilines is 1. The Morgan fingerprint density at radius 2 is 1.86 bits per heavy atom. The van der Waals surface area contributed by atoms with Crippen molar-refractivity contribution in [2.75, 3.05) is 38.3 Å². The van der Waals surface area contributed by atoms with Gasteiger partial charge in [0.15, 0.2) is 0 Å². The maximum atomic E-state index is 5.52. The third kappa shape index (κ3) is 3.36. The predicted octanol–water partition coefficient (Wildman–Crippen LogP) is 3.34. The highest BCUT2D eigenvalue weighted by atomic mass is 16.5. The summed E-state index contributed by atoms with van der Waals surface area (Å²) in [6.07, 6.45) is 5.46. The first kappa shape index (κ1) is 17.8. The van der Waals surface area contributed by atoms with Crippen molar-refractivity contribution in [3.8, 4) is 16.9 Å². The van der Waals surface area contributed by atoms with Crippen LogP contribution < -0.4 is 9.64 Å². The van der Waals surface area contributed by atoms with E-state index in [-0.39, 0.29) is 0 Å². The molecule has 1 saturated heterocycles. The molecule has 146 valence electrons. The van der Waals surface area contributed by atoms with Gasteiger partial charge in [0.05, 0.1) is 32.6 Å². The summed E-state index contributed by atoms with van der Waals surface area (Å²) in [7, 11) is 1.68. The van der Waals surface area contributed by atoms with Crippen LogP contribution in [0.2, 0.25) is 0 Å². The molecule has 0 unspecified atom stereocenters. The van der Waals surface area contributed by atoms with Gasteiger partial charge in [0.1, 0.15) is 11.6 Å². The van der Waals surface area contributed by atoms with Crippen molar-refractivity contribution in [1.29, 1.82) is 0 Å². The van der Waals surface area contributed by atoms with Crippen molar-refractivity contribution in [1.82, 2.24) is 9.97 Å². The van der Waals surface area contributed by atoms with Crippen molar-refractivity contribution >= 4 is 11.5 Å². The quantitative estimate of drug-likeness (QED) is 0.688. The number of hydrogen-bond donors (Lipinski definition) is 0. The van der Waals surface area contributed by atoms with Gasteiger partial charge < -0.3 is 14.4 Å². The molecule has 1 fully saturated rings. The van der Waals surface area contributed by atoms with E-state index in [2.05, 4.69) is 39.1 Å². The van der Waals surface area contributed by atoms with E-state index in [4.69, 9.17) is 14.5 Å². The average Bonchev–Trinajstić information content (AvgIpc) is 3.23. The summed E-state index contributed by atoms with van der Waals surface area (Å²) in [5.41, 5.74) is 6.56. The zero-order chi connectivity index (χ0) is 19.6. The van der Waals surface area contributed by atoms with Gasteiger partial charge in [0.2, 0.25) is 0 Å². The Hall–Kier alpha value is -3.25. The maximum absolute atomic E-state index is 5.52. The Bertz CT molecular complexity index is 1070. The second-order valence-electron chi connectivity index (χ2n) is 7.11. The molecule has 6 nitrogen and oxygen atoms in total. The molecular weight excluding hydrogens is 364 g/mol. The molecule has 0 radical (unpaired) electrons. The Labute approximate surface area is 169 Å². The maximum Gasteiger partial charge on any atom is 0.129 e. The molecule has 2 aliphatic rings. The van der Waals surface area contributed by atoms with Crippen molar-refractivity contribution < 1.29 is 9.47 Å². The molecule has 0 spiro atoms. The van der Waals surface area contributed by atoms with E-state index in [0.29, 0.717) is 6.54 Å². The predicted molar refractivity (Wildman–Crippen MR) is 113 cm³/mol. The number of ether oxygens (including phenoxy) is 2. The third-order valence-electron chi connectivity index (χ3n) is 5.44. The third-order valence-corrected chi connectivity index (χ3v) is 5.44. The molecule has 0 aliphatic carbocycles. The van der Waals surface area contributed by atoms with E-state index in [9.17, 15) is 0 Å². The molecule has 2 aromatic heterocycles. The van der Waals surface area contributed by atoms with Gasteiger partial charge >= 0.3 is 0 Å². The van der Waals surface area contributed by atoms with E-state index in [1.54, 1.807) is 13.3 Å². The minimum atomic E-state index is 0.699. The fraction of sp³-hybridized carbons (Fsp3) is 0.261. The van der Waals surface area contributed by atoms with E-state index in [1.165, 1.54) is 5.56 Å². The van der Waals surface area contributed by atoms with Crippen LogP contribution in [0.15, 0.2) is 60.0 Å². The molecule has 4 heterocycles. The van der Waals surface area contributed by atoms with Crippen LogP contribution in [0.5, 0.6) is 5.75 Å². The van der Waals surface area contributed by atoms with Gasteiger partial charge in [-0.1, -0.05) is 12.1 Å². The van der Waals surface area contributed by atoms with Crippen LogP contribution in [0.25, 0.3) is 11.1 Å². The zero-order valence-corrected chi connectivity index (χ0v) is 16.3. The monoisotopic (exact) mass is 386 g/mol. The number of fused-ring (bicyclic) bond motifs is 1. The van der Waals surface area contributed by atoms with E-state index < -0.39 is 0 Å². The van der Waals surface area contributed by atoms with Gasteiger partial charge in [-0.05, 0) is 35.4 Å². The van der Waals surface area contributed by atoms with E-state index in [0.717, 1.165) is 65.8 Å². The number of nitrogens with zero attached hydrogens (tertiary/aromatic N) is 4. The van der Waals surface area contributed by atoms with Crippen molar-refractivity contribution in [2.45, 2.75) is 6.54 Å². The molecule has 0 N–H and O–H groups in total. The Balaban J connectivity index is 1.51. The fourth-order valence-electron chi connectivity index (χ4n) is 3.91. The first-order valence-electron chi connectivity index (χ1n) is 9.79. The molecule has 1 aromatic carbocycles. The van der Waals surface area contributed by atoms with Crippen LogP contribution in [-0.2, 0) is 11.3 Å². The second kappa shape index (κ2) is 7.64. The first-order valence-corrected chi connectivity index (χ1v) is 9.79. The Morgan fingerprint density at radius 3 is 2.72 bits per heavy atom. The van der Waals surface area contributed by atoms with Crippen LogP contribution in [-0.4, -0.2) is 49.1 Å². The lowest BCUT2D eigenvalue weighted by molar-refractivity contribution is 0.122. The average molecular weight is 386 g/mol. The highest BCUT2D eigenvalue weighted by molar-refractivity contribution is 6.15. The number of methoxy groups -OCH3 is 1. The van der Waals surface area contributed by atoms with Gasteiger partial charge in [0, 0.05) is 48.4 Å². The smallest absolute Gasteiger partial charge is 0.129 e. The van der Waals surface area contributed by atoms with Gasteiger partial charge in [-0.2, -0.15) is 0 Å². The van der Waals surface area contributed by atoms with Gasteiger partial charge in [-0.15, -0.1) is 0 Å². The molecule has 29 heavy (non-hydrogen) atoms. The first-order chi connectivity index (χ1) is 14.3. The van der Waals surface area contributed by atoms with Gasteiger partial charge in [0.25, 0.3) is 0 Å². The van der Waals surface area contributed by atoms with Crippen LogP contribution >= 0.6 is 0 Å². The summed E-state index contributed by atoms with van der Waals surface area (Å²) in [5.74, 6) is 1.79. The minimum Gasteiger partial charge on any atom is -0.496 e. The zero-order valence-electron chi connectivity index (χ0n) is 16.3. The highest BCUT2D eigenvalue weighted by Gasteiger charge is 2.21. The molecule has 0 amide bonds. The molecule has 0 atom stereocenters. The van der Waals surface area contributed by atoms with Crippen molar-refractivity contribution in [3.63, 3.8) is 0 Å². The summed E-state index contributed by atoms with van der Waals surface area (Å²) >= 11 is 0. The number of aromatic nitrogens is 2. The summed E-state index contributed by atoms with van der Waals surface area (Å²) in [6, 6.07) is 12.5. The fourth-order valence-corrected chi connectivity index (χ4v) is 3.91. The Kier molecular flexibility index (Phi) is 4.69. The van der Waals surface area contributed by atoms with Crippen LogP contribution in [0, 0.1) is 0 Å². The molecular formula is C23H22N4O2. The molecule has 0 saturated carbocycles. The number of hydrogen-bond acceptors (Lipinski definition) is 6.